The number of aromatic nitrogens is 2. The van der Waals surface area contributed by atoms with Gasteiger partial charge in [-0.2, -0.15) is 5.10 Å². The van der Waals surface area contributed by atoms with E-state index in [9.17, 15) is 9.90 Å². The van der Waals surface area contributed by atoms with Crippen LogP contribution in [0.3, 0.4) is 0 Å². The molecule has 3 atom stereocenters. The smallest absolute Gasteiger partial charge is 0.412 e. The molecule has 0 bridgehead atoms. The second kappa shape index (κ2) is 8.05. The molecule has 33 heavy (non-hydrogen) atoms. The van der Waals surface area contributed by atoms with E-state index in [4.69, 9.17) is 9.84 Å². The summed E-state index contributed by atoms with van der Waals surface area (Å²) in [7, 11) is 2.23. The predicted octanol–water partition coefficient (Wildman–Crippen LogP) is 4.81. The largest absolute Gasteiger partial charge is 0.489 e. The lowest BCUT2D eigenvalue weighted by Gasteiger charge is -2.36. The molecule has 3 fully saturated rings. The molecule has 2 aromatic rings. The van der Waals surface area contributed by atoms with Gasteiger partial charge in [-0.05, 0) is 82.9 Å². The summed E-state index contributed by atoms with van der Waals surface area (Å²) in [5.41, 5.74) is 3.93. The van der Waals surface area contributed by atoms with Crippen LogP contribution in [-0.4, -0.2) is 58.2 Å². The average molecular weight is 451 g/mol. The normalized spacial score (nSPS) is 29.6. The molecule has 4 aliphatic rings. The standard InChI is InChI=1S/C26H34N4O3/c1-16-6-7-23-24(30(16)26(31)32)9-8-22(25(23)33-21-4-3-5-21)19-12-27-29(15-19)20-10-17-13-28(2)14-18(17)11-20/h8-9,12,15-18,20-21H,3-7,10-11,13-14H2,1-2H3,(H,31,32). The number of benzene rings is 1. The van der Waals surface area contributed by atoms with Gasteiger partial charge in [-0.15, -0.1) is 0 Å². The van der Waals surface area contributed by atoms with E-state index in [0.717, 1.165) is 65.6 Å². The van der Waals surface area contributed by atoms with Gasteiger partial charge in [-0.3, -0.25) is 9.58 Å². The summed E-state index contributed by atoms with van der Waals surface area (Å²) >= 11 is 0. The van der Waals surface area contributed by atoms with Crippen LogP contribution >= 0.6 is 0 Å². The first-order valence-electron chi connectivity index (χ1n) is 12.6. The van der Waals surface area contributed by atoms with Crippen molar-refractivity contribution in [1.82, 2.24) is 14.7 Å². The summed E-state index contributed by atoms with van der Waals surface area (Å²) in [6, 6.07) is 4.45. The molecule has 7 nitrogen and oxygen atoms in total. The van der Waals surface area contributed by atoms with E-state index in [1.165, 1.54) is 37.3 Å². The highest BCUT2D eigenvalue weighted by Gasteiger charge is 2.40. The van der Waals surface area contributed by atoms with Gasteiger partial charge in [0, 0.05) is 42.0 Å². The van der Waals surface area contributed by atoms with Crippen LogP contribution in [0, 0.1) is 11.8 Å². The van der Waals surface area contributed by atoms with Crippen LogP contribution < -0.4 is 9.64 Å². The number of nitrogens with zero attached hydrogens (tertiary/aromatic N) is 4. The highest BCUT2D eigenvalue weighted by atomic mass is 16.5. The van der Waals surface area contributed by atoms with Gasteiger partial charge in [0.1, 0.15) is 5.75 Å². The monoisotopic (exact) mass is 450 g/mol. The first-order valence-corrected chi connectivity index (χ1v) is 12.6. The van der Waals surface area contributed by atoms with E-state index in [0.29, 0.717) is 6.04 Å². The Hall–Kier alpha value is -2.54. The fourth-order valence-corrected chi connectivity index (χ4v) is 6.51. The van der Waals surface area contributed by atoms with Crippen molar-refractivity contribution in [1.29, 1.82) is 0 Å². The van der Waals surface area contributed by atoms with E-state index in [1.807, 2.05) is 25.3 Å². The van der Waals surface area contributed by atoms with Crippen molar-refractivity contribution in [3.05, 3.63) is 30.1 Å². The fourth-order valence-electron chi connectivity index (χ4n) is 6.51. The maximum atomic E-state index is 12.0. The van der Waals surface area contributed by atoms with Crippen LogP contribution in [0.5, 0.6) is 5.75 Å². The van der Waals surface area contributed by atoms with E-state index in [-0.39, 0.29) is 12.1 Å². The minimum Gasteiger partial charge on any atom is -0.489 e. The maximum Gasteiger partial charge on any atom is 0.412 e. The van der Waals surface area contributed by atoms with E-state index < -0.39 is 6.09 Å². The number of hydrogen-bond donors (Lipinski definition) is 1. The Bertz CT molecular complexity index is 1050. The SMILES string of the molecule is CC1CCc2c(ccc(-c3cnn(C4CC5CN(C)CC5C4)c3)c2OC2CCC2)N1C(=O)O. The van der Waals surface area contributed by atoms with Gasteiger partial charge in [0.15, 0.2) is 0 Å². The van der Waals surface area contributed by atoms with Crippen LogP contribution in [0.4, 0.5) is 10.5 Å². The zero-order valence-corrected chi connectivity index (χ0v) is 19.6. The number of fused-ring (bicyclic) bond motifs is 2. The van der Waals surface area contributed by atoms with Crippen LogP contribution in [-0.2, 0) is 6.42 Å². The summed E-state index contributed by atoms with van der Waals surface area (Å²) in [6.45, 7) is 4.40. The number of ether oxygens (including phenoxy) is 1. The molecular formula is C26H34N4O3. The number of carboxylic acid groups (broad SMARTS) is 1. The van der Waals surface area contributed by atoms with E-state index in [2.05, 4.69) is 22.8 Å². The third-order valence-electron chi connectivity index (χ3n) is 8.49. The third-order valence-corrected chi connectivity index (χ3v) is 8.49. The summed E-state index contributed by atoms with van der Waals surface area (Å²) in [5, 5.41) is 14.6. The lowest BCUT2D eigenvalue weighted by molar-refractivity contribution is 0.119. The van der Waals surface area contributed by atoms with Gasteiger partial charge in [-0.25, -0.2) is 4.79 Å². The Morgan fingerprint density at radius 2 is 1.91 bits per heavy atom. The molecule has 2 aliphatic carbocycles. The van der Waals surface area contributed by atoms with Gasteiger partial charge in [0.25, 0.3) is 0 Å². The number of anilines is 1. The molecule has 176 valence electrons. The second-order valence-electron chi connectivity index (χ2n) is 10.7. The van der Waals surface area contributed by atoms with Crippen LogP contribution in [0.15, 0.2) is 24.5 Å². The number of rotatable bonds is 4. The molecule has 2 aliphatic heterocycles. The van der Waals surface area contributed by atoms with E-state index >= 15 is 0 Å². The Morgan fingerprint density at radius 1 is 1.15 bits per heavy atom. The Labute approximate surface area is 195 Å². The minimum absolute atomic E-state index is 0.0268. The molecule has 1 N–H and O–H groups in total. The lowest BCUT2D eigenvalue weighted by Crippen LogP contribution is -2.41. The summed E-state index contributed by atoms with van der Waals surface area (Å²) < 4.78 is 8.72. The molecule has 3 unspecified atom stereocenters. The van der Waals surface area contributed by atoms with Gasteiger partial charge >= 0.3 is 6.09 Å². The zero-order valence-electron chi connectivity index (χ0n) is 19.6. The van der Waals surface area contributed by atoms with Crippen molar-refractivity contribution in [2.75, 3.05) is 25.0 Å². The topological polar surface area (TPSA) is 70.8 Å². The third kappa shape index (κ3) is 3.61. The van der Waals surface area contributed by atoms with Crippen molar-refractivity contribution in [2.45, 2.75) is 70.1 Å². The summed E-state index contributed by atoms with van der Waals surface area (Å²) in [6.07, 6.45) is 10.9. The molecule has 1 aromatic carbocycles. The molecule has 1 aromatic heterocycles. The molecule has 7 heteroatoms. The van der Waals surface area contributed by atoms with Crippen LogP contribution in [0.1, 0.15) is 57.1 Å². The first-order chi connectivity index (χ1) is 16.0. The fraction of sp³-hybridized carbons (Fsp3) is 0.615. The minimum atomic E-state index is -0.893. The Balaban J connectivity index is 1.34. The molecule has 0 radical (unpaired) electrons. The van der Waals surface area contributed by atoms with Gasteiger partial charge in [0.05, 0.1) is 24.0 Å². The molecule has 1 amide bonds. The van der Waals surface area contributed by atoms with Crippen molar-refractivity contribution >= 4 is 11.8 Å². The maximum absolute atomic E-state index is 12.0. The van der Waals surface area contributed by atoms with Crippen LogP contribution in [0.25, 0.3) is 11.1 Å². The lowest BCUT2D eigenvalue weighted by atomic mass is 9.91. The quantitative estimate of drug-likeness (QED) is 0.724. The molecule has 0 spiro atoms. The number of likely N-dealkylation sites (tertiary alicyclic amines) is 1. The van der Waals surface area contributed by atoms with Gasteiger partial charge in [-0.1, -0.05) is 0 Å². The number of amides is 1. The van der Waals surface area contributed by atoms with Crippen molar-refractivity contribution in [3.63, 3.8) is 0 Å². The number of hydrogen-bond acceptors (Lipinski definition) is 4. The highest BCUT2D eigenvalue weighted by molar-refractivity contribution is 5.91. The molecular weight excluding hydrogens is 416 g/mol. The van der Waals surface area contributed by atoms with E-state index in [1.54, 1.807) is 0 Å². The molecule has 1 saturated heterocycles. The second-order valence-corrected chi connectivity index (χ2v) is 10.7. The summed E-state index contributed by atoms with van der Waals surface area (Å²) in [5.74, 6) is 2.45. The molecule has 3 heterocycles. The van der Waals surface area contributed by atoms with Crippen LogP contribution in [0.2, 0.25) is 0 Å². The number of carbonyl (C=O) groups is 1. The predicted molar refractivity (Wildman–Crippen MR) is 127 cm³/mol. The summed E-state index contributed by atoms with van der Waals surface area (Å²) in [4.78, 5) is 16.0. The van der Waals surface area contributed by atoms with Crippen molar-refractivity contribution < 1.29 is 14.6 Å². The Kier molecular flexibility index (Phi) is 5.13. The van der Waals surface area contributed by atoms with Crippen molar-refractivity contribution in [2.24, 2.45) is 11.8 Å². The Morgan fingerprint density at radius 3 is 2.58 bits per heavy atom. The van der Waals surface area contributed by atoms with Gasteiger partial charge in [0.2, 0.25) is 0 Å². The zero-order chi connectivity index (χ0) is 22.7. The average Bonchev–Trinajstić information content (AvgIpc) is 3.44. The molecule has 6 rings (SSSR count). The first kappa shape index (κ1) is 21.0. The van der Waals surface area contributed by atoms with Crippen molar-refractivity contribution in [3.8, 4) is 16.9 Å². The van der Waals surface area contributed by atoms with Gasteiger partial charge < -0.3 is 14.7 Å². The highest BCUT2D eigenvalue weighted by Crippen LogP contribution is 2.46. The molecule has 2 saturated carbocycles.